The fraction of sp³-hybridized carbons (Fsp3) is 0.389. The number of likely N-dealkylation sites (tertiary alicyclic amines) is 1. The molecule has 0 spiro atoms. The molecule has 5 nitrogen and oxygen atoms in total. The summed E-state index contributed by atoms with van der Waals surface area (Å²) < 4.78 is 12.8. The van der Waals surface area contributed by atoms with E-state index in [1.807, 2.05) is 12.2 Å². The highest BCUT2D eigenvalue weighted by atomic mass is 19.1. The summed E-state index contributed by atoms with van der Waals surface area (Å²) in [5.41, 5.74) is 0.753. The van der Waals surface area contributed by atoms with Gasteiger partial charge in [-0.15, -0.1) is 0 Å². The molecule has 6 heteroatoms. The van der Waals surface area contributed by atoms with Crippen molar-refractivity contribution in [2.45, 2.75) is 13.0 Å². The van der Waals surface area contributed by atoms with Crippen LogP contribution in [0.1, 0.15) is 12.0 Å². The third kappa shape index (κ3) is 2.33. The first-order chi connectivity index (χ1) is 11.5. The van der Waals surface area contributed by atoms with Crippen molar-refractivity contribution in [3.8, 4) is 0 Å². The number of hydrogen-bond donors (Lipinski definition) is 1. The van der Waals surface area contributed by atoms with Crippen molar-refractivity contribution in [1.82, 2.24) is 10.2 Å². The van der Waals surface area contributed by atoms with E-state index in [2.05, 4.69) is 5.32 Å². The van der Waals surface area contributed by atoms with Crippen molar-refractivity contribution in [1.29, 1.82) is 0 Å². The molecule has 4 atom stereocenters. The smallest absolute Gasteiger partial charge is 0.240 e. The van der Waals surface area contributed by atoms with Crippen molar-refractivity contribution in [3.63, 3.8) is 0 Å². The molecule has 1 N–H and O–H groups in total. The van der Waals surface area contributed by atoms with Crippen molar-refractivity contribution < 1.29 is 18.8 Å². The summed E-state index contributed by atoms with van der Waals surface area (Å²) in [5, 5.41) is 2.67. The second-order valence-corrected chi connectivity index (χ2v) is 6.67. The molecule has 3 aliphatic rings. The molecule has 1 saturated heterocycles. The molecule has 3 amide bonds. The molecule has 4 unspecified atom stereocenters. The number of hydrogen-bond acceptors (Lipinski definition) is 3. The van der Waals surface area contributed by atoms with Gasteiger partial charge in [-0.2, -0.15) is 0 Å². The summed E-state index contributed by atoms with van der Waals surface area (Å²) in [5.74, 6) is -1.45. The molecule has 1 aromatic carbocycles. The molecular weight excluding hydrogens is 311 g/mol. The van der Waals surface area contributed by atoms with Crippen LogP contribution in [0, 0.1) is 29.5 Å². The Morgan fingerprint density at radius 2 is 1.67 bits per heavy atom. The van der Waals surface area contributed by atoms with Gasteiger partial charge in [0, 0.05) is 6.54 Å². The maximum atomic E-state index is 12.8. The van der Waals surface area contributed by atoms with Crippen LogP contribution in [0.15, 0.2) is 36.4 Å². The van der Waals surface area contributed by atoms with Gasteiger partial charge in [0.05, 0.1) is 11.8 Å². The lowest BCUT2D eigenvalue weighted by molar-refractivity contribution is -0.144. The molecule has 2 fully saturated rings. The Kier molecular flexibility index (Phi) is 3.48. The Morgan fingerprint density at radius 1 is 1.08 bits per heavy atom. The number of benzene rings is 1. The first-order valence-electron chi connectivity index (χ1n) is 8.09. The zero-order valence-corrected chi connectivity index (χ0v) is 12.9. The summed E-state index contributed by atoms with van der Waals surface area (Å²) in [6, 6.07) is 5.79. The van der Waals surface area contributed by atoms with Crippen LogP contribution in [0.25, 0.3) is 0 Å². The maximum absolute atomic E-state index is 12.8. The predicted molar refractivity (Wildman–Crippen MR) is 82.7 cm³/mol. The maximum Gasteiger partial charge on any atom is 0.240 e. The van der Waals surface area contributed by atoms with Crippen LogP contribution in [0.3, 0.4) is 0 Å². The number of halogens is 1. The number of allylic oxidation sites excluding steroid dienone is 2. The number of imide groups is 1. The second kappa shape index (κ2) is 5.54. The number of nitrogens with one attached hydrogen (secondary N) is 1. The highest BCUT2D eigenvalue weighted by Gasteiger charge is 2.59. The van der Waals surface area contributed by atoms with Gasteiger partial charge in [-0.1, -0.05) is 24.3 Å². The number of amides is 3. The number of fused-ring (bicyclic) bond motifs is 5. The van der Waals surface area contributed by atoms with E-state index in [0.29, 0.717) is 0 Å². The zero-order valence-electron chi connectivity index (χ0n) is 12.9. The van der Waals surface area contributed by atoms with Crippen molar-refractivity contribution >= 4 is 17.7 Å². The summed E-state index contributed by atoms with van der Waals surface area (Å²) >= 11 is 0. The van der Waals surface area contributed by atoms with Crippen LogP contribution in [0.4, 0.5) is 4.39 Å². The average molecular weight is 328 g/mol. The van der Waals surface area contributed by atoms with Crippen LogP contribution in [0.5, 0.6) is 0 Å². The van der Waals surface area contributed by atoms with E-state index in [0.717, 1.165) is 16.9 Å². The first-order valence-corrected chi connectivity index (χ1v) is 8.09. The van der Waals surface area contributed by atoms with Gasteiger partial charge in [-0.25, -0.2) is 4.39 Å². The highest BCUT2D eigenvalue weighted by molar-refractivity contribution is 6.08. The largest absolute Gasteiger partial charge is 0.350 e. The molecule has 1 aromatic rings. The quantitative estimate of drug-likeness (QED) is 0.668. The first kappa shape index (κ1) is 15.1. The van der Waals surface area contributed by atoms with Crippen LogP contribution in [-0.2, 0) is 20.9 Å². The zero-order chi connectivity index (χ0) is 16.8. The molecule has 1 heterocycles. The topological polar surface area (TPSA) is 66.5 Å². The van der Waals surface area contributed by atoms with E-state index in [9.17, 15) is 18.8 Å². The van der Waals surface area contributed by atoms with Gasteiger partial charge < -0.3 is 5.32 Å². The summed E-state index contributed by atoms with van der Waals surface area (Å²) in [7, 11) is 0. The van der Waals surface area contributed by atoms with Crippen molar-refractivity contribution in [2.24, 2.45) is 23.7 Å². The standard InChI is InChI=1S/C18H17FN2O3/c19-13-5-1-10(2-6-13)8-20-14(22)9-21-17(23)15-11-3-4-12(7-11)16(15)18(21)24/h1-6,11-12,15-16H,7-9H2,(H,20,22). The molecule has 0 aromatic heterocycles. The van der Waals surface area contributed by atoms with Gasteiger partial charge in [0.2, 0.25) is 17.7 Å². The fourth-order valence-corrected chi connectivity index (χ4v) is 4.12. The van der Waals surface area contributed by atoms with E-state index in [1.54, 1.807) is 12.1 Å². The number of carbonyl (C=O) groups is 3. The van der Waals surface area contributed by atoms with Crippen LogP contribution in [-0.4, -0.2) is 29.2 Å². The number of rotatable bonds is 4. The molecule has 2 aliphatic carbocycles. The minimum atomic E-state index is -0.388. The van der Waals surface area contributed by atoms with Crippen LogP contribution in [0.2, 0.25) is 0 Å². The Labute approximate surface area is 138 Å². The van der Waals surface area contributed by atoms with Gasteiger partial charge in [-0.05, 0) is 36.0 Å². The average Bonchev–Trinajstić information content (AvgIpc) is 3.24. The van der Waals surface area contributed by atoms with Gasteiger partial charge in [0.1, 0.15) is 12.4 Å². The Bertz CT molecular complexity index is 713. The van der Waals surface area contributed by atoms with E-state index in [1.165, 1.54) is 12.1 Å². The van der Waals surface area contributed by atoms with E-state index in [4.69, 9.17) is 0 Å². The Hall–Kier alpha value is -2.50. The molecule has 4 rings (SSSR count). The molecule has 1 aliphatic heterocycles. The second-order valence-electron chi connectivity index (χ2n) is 6.67. The molecule has 1 saturated carbocycles. The predicted octanol–water partition coefficient (Wildman–Crippen LogP) is 1.25. The summed E-state index contributed by atoms with van der Waals surface area (Å²) in [6.45, 7) is -0.0136. The molecule has 2 bridgehead atoms. The normalized spacial score (nSPS) is 30.1. The lowest BCUT2D eigenvalue weighted by Gasteiger charge is -2.16. The molecular formula is C18H17FN2O3. The van der Waals surface area contributed by atoms with E-state index in [-0.39, 0.29) is 60.3 Å². The third-order valence-corrected chi connectivity index (χ3v) is 5.27. The highest BCUT2D eigenvalue weighted by Crippen LogP contribution is 2.52. The van der Waals surface area contributed by atoms with Gasteiger partial charge in [0.25, 0.3) is 0 Å². The van der Waals surface area contributed by atoms with Crippen LogP contribution < -0.4 is 5.32 Å². The fourth-order valence-electron chi connectivity index (χ4n) is 4.12. The Morgan fingerprint density at radius 3 is 2.25 bits per heavy atom. The molecule has 124 valence electrons. The van der Waals surface area contributed by atoms with Crippen LogP contribution >= 0.6 is 0 Å². The van der Waals surface area contributed by atoms with E-state index < -0.39 is 0 Å². The third-order valence-electron chi connectivity index (χ3n) is 5.27. The number of carbonyl (C=O) groups excluding carboxylic acids is 3. The van der Waals surface area contributed by atoms with Gasteiger partial charge >= 0.3 is 0 Å². The summed E-state index contributed by atoms with van der Waals surface area (Å²) in [6.07, 6.45) is 4.92. The Balaban J connectivity index is 1.37. The van der Waals surface area contributed by atoms with Gasteiger partial charge in [0.15, 0.2) is 0 Å². The molecule has 24 heavy (non-hydrogen) atoms. The monoisotopic (exact) mass is 328 g/mol. The lowest BCUT2D eigenvalue weighted by Crippen LogP contribution is -2.41. The van der Waals surface area contributed by atoms with Crippen molar-refractivity contribution in [2.75, 3.05) is 6.54 Å². The van der Waals surface area contributed by atoms with Gasteiger partial charge in [-0.3, -0.25) is 19.3 Å². The van der Waals surface area contributed by atoms with E-state index >= 15 is 0 Å². The van der Waals surface area contributed by atoms with Crippen molar-refractivity contribution in [3.05, 3.63) is 47.8 Å². The summed E-state index contributed by atoms with van der Waals surface area (Å²) in [4.78, 5) is 38.1. The minimum absolute atomic E-state index is 0.142. The number of nitrogens with zero attached hydrogens (tertiary/aromatic N) is 1. The SMILES string of the molecule is O=C(CN1C(=O)C2C3C=CC(C3)C2C1=O)NCc1ccc(F)cc1. The lowest BCUT2D eigenvalue weighted by atomic mass is 9.85. The minimum Gasteiger partial charge on any atom is -0.350 e. The molecule has 0 radical (unpaired) electrons.